The standard InChI is InChI=1S/C20H29N/c1-6-21-19(14-15(2)20(3,4)5)18-13-9-11-16-10-7-8-12-17(16)18/h7-13,15,19,21H,6,14H2,1-5H3. The molecule has 21 heavy (non-hydrogen) atoms. The van der Waals surface area contributed by atoms with Crippen molar-refractivity contribution in [2.45, 2.75) is 47.1 Å². The number of rotatable bonds is 5. The van der Waals surface area contributed by atoms with E-state index in [4.69, 9.17) is 0 Å². The fourth-order valence-electron chi connectivity index (χ4n) is 2.83. The molecular weight excluding hydrogens is 254 g/mol. The molecule has 0 aliphatic carbocycles. The summed E-state index contributed by atoms with van der Waals surface area (Å²) >= 11 is 0. The summed E-state index contributed by atoms with van der Waals surface area (Å²) in [5.41, 5.74) is 1.78. The Balaban J connectivity index is 2.36. The van der Waals surface area contributed by atoms with Crippen molar-refractivity contribution in [2.75, 3.05) is 6.54 Å². The molecular formula is C20H29N. The van der Waals surface area contributed by atoms with Gasteiger partial charge in [0.15, 0.2) is 0 Å². The summed E-state index contributed by atoms with van der Waals surface area (Å²) in [7, 11) is 0. The van der Waals surface area contributed by atoms with E-state index in [-0.39, 0.29) is 0 Å². The van der Waals surface area contributed by atoms with Gasteiger partial charge in [-0.15, -0.1) is 0 Å². The summed E-state index contributed by atoms with van der Waals surface area (Å²) in [6, 6.07) is 15.8. The van der Waals surface area contributed by atoms with Crippen LogP contribution < -0.4 is 5.32 Å². The van der Waals surface area contributed by atoms with Crippen LogP contribution in [0.3, 0.4) is 0 Å². The van der Waals surface area contributed by atoms with Crippen molar-refractivity contribution in [1.82, 2.24) is 5.32 Å². The fourth-order valence-corrected chi connectivity index (χ4v) is 2.83. The van der Waals surface area contributed by atoms with Crippen LogP contribution in [0, 0.1) is 11.3 Å². The Labute approximate surface area is 129 Å². The minimum atomic E-state index is 0.345. The summed E-state index contributed by atoms with van der Waals surface area (Å²) in [6.45, 7) is 12.6. The van der Waals surface area contributed by atoms with E-state index in [2.05, 4.69) is 82.4 Å². The van der Waals surface area contributed by atoms with Crippen LogP contribution in [0.4, 0.5) is 0 Å². The Morgan fingerprint density at radius 2 is 1.67 bits per heavy atom. The lowest BCUT2D eigenvalue weighted by atomic mass is 9.77. The molecule has 0 aromatic heterocycles. The zero-order valence-corrected chi connectivity index (χ0v) is 14.1. The van der Waals surface area contributed by atoms with Crippen molar-refractivity contribution < 1.29 is 0 Å². The summed E-state index contributed by atoms with van der Waals surface area (Å²) in [5.74, 6) is 0.667. The molecule has 114 valence electrons. The second-order valence-corrected chi connectivity index (χ2v) is 7.18. The monoisotopic (exact) mass is 283 g/mol. The first-order valence-electron chi connectivity index (χ1n) is 8.14. The second kappa shape index (κ2) is 6.62. The molecule has 0 saturated heterocycles. The zero-order chi connectivity index (χ0) is 15.5. The average Bonchev–Trinajstić information content (AvgIpc) is 2.45. The van der Waals surface area contributed by atoms with E-state index in [1.165, 1.54) is 22.8 Å². The summed E-state index contributed by atoms with van der Waals surface area (Å²) in [4.78, 5) is 0. The van der Waals surface area contributed by atoms with Crippen molar-refractivity contribution in [3.8, 4) is 0 Å². The SMILES string of the molecule is CCNC(CC(C)C(C)(C)C)c1cccc2ccccc12. The van der Waals surface area contributed by atoms with Gasteiger partial charge < -0.3 is 5.32 Å². The van der Waals surface area contributed by atoms with Gasteiger partial charge in [-0.25, -0.2) is 0 Å². The third-order valence-corrected chi connectivity index (χ3v) is 4.72. The highest BCUT2D eigenvalue weighted by atomic mass is 14.9. The van der Waals surface area contributed by atoms with Gasteiger partial charge in [0.1, 0.15) is 0 Å². The van der Waals surface area contributed by atoms with Gasteiger partial charge in [-0.1, -0.05) is 77.1 Å². The van der Waals surface area contributed by atoms with Crippen LogP contribution in [0.1, 0.15) is 52.6 Å². The first-order chi connectivity index (χ1) is 9.93. The van der Waals surface area contributed by atoms with Crippen LogP contribution in [0.25, 0.3) is 10.8 Å². The van der Waals surface area contributed by atoms with Crippen molar-refractivity contribution >= 4 is 10.8 Å². The highest BCUT2D eigenvalue weighted by Crippen LogP contribution is 2.35. The summed E-state index contributed by atoms with van der Waals surface area (Å²) < 4.78 is 0. The molecule has 2 aromatic carbocycles. The molecule has 0 aliphatic rings. The van der Waals surface area contributed by atoms with Crippen molar-refractivity contribution in [2.24, 2.45) is 11.3 Å². The maximum Gasteiger partial charge on any atom is 0.0329 e. The molecule has 0 bridgehead atoms. The van der Waals surface area contributed by atoms with E-state index >= 15 is 0 Å². The largest absolute Gasteiger partial charge is 0.310 e. The van der Waals surface area contributed by atoms with Gasteiger partial charge >= 0.3 is 0 Å². The lowest BCUT2D eigenvalue weighted by molar-refractivity contribution is 0.224. The third kappa shape index (κ3) is 3.85. The van der Waals surface area contributed by atoms with Crippen LogP contribution in [0.5, 0.6) is 0 Å². The van der Waals surface area contributed by atoms with E-state index in [0.717, 1.165) is 6.54 Å². The quantitative estimate of drug-likeness (QED) is 0.757. The van der Waals surface area contributed by atoms with Gasteiger partial charge in [-0.2, -0.15) is 0 Å². The zero-order valence-electron chi connectivity index (χ0n) is 14.1. The molecule has 0 saturated carbocycles. The van der Waals surface area contributed by atoms with Crippen LogP contribution in [-0.2, 0) is 0 Å². The molecule has 1 nitrogen and oxygen atoms in total. The topological polar surface area (TPSA) is 12.0 Å². The highest BCUT2D eigenvalue weighted by Gasteiger charge is 2.24. The number of nitrogens with one attached hydrogen (secondary N) is 1. The van der Waals surface area contributed by atoms with Crippen LogP contribution in [0.15, 0.2) is 42.5 Å². The minimum absolute atomic E-state index is 0.345. The van der Waals surface area contributed by atoms with Gasteiger partial charge in [0.25, 0.3) is 0 Å². The Morgan fingerprint density at radius 1 is 1.00 bits per heavy atom. The van der Waals surface area contributed by atoms with Crippen molar-refractivity contribution in [3.63, 3.8) is 0 Å². The van der Waals surface area contributed by atoms with Gasteiger partial charge in [-0.3, -0.25) is 0 Å². The van der Waals surface area contributed by atoms with Crippen LogP contribution in [0.2, 0.25) is 0 Å². The smallest absolute Gasteiger partial charge is 0.0329 e. The molecule has 0 radical (unpaired) electrons. The van der Waals surface area contributed by atoms with Crippen molar-refractivity contribution in [3.05, 3.63) is 48.0 Å². The van der Waals surface area contributed by atoms with Crippen LogP contribution in [-0.4, -0.2) is 6.54 Å². The van der Waals surface area contributed by atoms with Crippen LogP contribution >= 0.6 is 0 Å². The van der Waals surface area contributed by atoms with E-state index in [0.29, 0.717) is 17.4 Å². The maximum absolute atomic E-state index is 3.69. The van der Waals surface area contributed by atoms with E-state index in [9.17, 15) is 0 Å². The number of benzene rings is 2. The van der Waals surface area contributed by atoms with Gasteiger partial charge in [0.05, 0.1) is 0 Å². The first kappa shape index (κ1) is 16.0. The predicted molar refractivity (Wildman–Crippen MR) is 93.6 cm³/mol. The number of fused-ring (bicyclic) bond motifs is 1. The molecule has 1 N–H and O–H groups in total. The predicted octanol–water partition coefficient (Wildman–Crippen LogP) is 5.56. The third-order valence-electron chi connectivity index (χ3n) is 4.72. The lowest BCUT2D eigenvalue weighted by Crippen LogP contribution is -2.27. The highest BCUT2D eigenvalue weighted by molar-refractivity contribution is 5.86. The van der Waals surface area contributed by atoms with Gasteiger partial charge in [-0.05, 0) is 40.6 Å². The average molecular weight is 283 g/mol. The van der Waals surface area contributed by atoms with E-state index in [1.807, 2.05) is 0 Å². The molecule has 0 spiro atoms. The van der Waals surface area contributed by atoms with E-state index in [1.54, 1.807) is 0 Å². The molecule has 1 heteroatoms. The molecule has 0 fully saturated rings. The molecule has 2 unspecified atom stereocenters. The number of hydrogen-bond acceptors (Lipinski definition) is 1. The summed E-state index contributed by atoms with van der Waals surface area (Å²) in [5, 5.41) is 6.41. The minimum Gasteiger partial charge on any atom is -0.310 e. The molecule has 0 aliphatic heterocycles. The Morgan fingerprint density at radius 3 is 2.33 bits per heavy atom. The Hall–Kier alpha value is -1.34. The van der Waals surface area contributed by atoms with E-state index < -0.39 is 0 Å². The second-order valence-electron chi connectivity index (χ2n) is 7.18. The normalized spacial score (nSPS) is 15.1. The molecule has 2 atom stereocenters. The number of hydrogen-bond donors (Lipinski definition) is 1. The van der Waals surface area contributed by atoms with Gasteiger partial charge in [0, 0.05) is 6.04 Å². The molecule has 2 aromatic rings. The van der Waals surface area contributed by atoms with Crippen molar-refractivity contribution in [1.29, 1.82) is 0 Å². The maximum atomic E-state index is 3.69. The molecule has 0 heterocycles. The molecule has 2 rings (SSSR count). The molecule has 0 amide bonds. The summed E-state index contributed by atoms with van der Waals surface area (Å²) in [6.07, 6.45) is 1.17. The Bertz CT molecular complexity index is 574. The Kier molecular flexibility index (Phi) is 5.05. The lowest BCUT2D eigenvalue weighted by Gasteiger charge is -2.31. The van der Waals surface area contributed by atoms with Gasteiger partial charge in [0.2, 0.25) is 0 Å². The fraction of sp³-hybridized carbons (Fsp3) is 0.500. The first-order valence-corrected chi connectivity index (χ1v) is 8.14.